The molecule has 1 radical (unpaired) electrons. The van der Waals surface area contributed by atoms with Crippen molar-refractivity contribution in [3.8, 4) is 34.0 Å². The van der Waals surface area contributed by atoms with E-state index < -0.39 is 0 Å². The van der Waals surface area contributed by atoms with E-state index in [1.54, 1.807) is 0 Å². The summed E-state index contributed by atoms with van der Waals surface area (Å²) in [7, 11) is 0. The first-order valence-corrected chi connectivity index (χ1v) is 29.4. The second-order valence-corrected chi connectivity index (χ2v) is 28.2. The predicted octanol–water partition coefficient (Wildman–Crippen LogP) is 20.9. The van der Waals surface area contributed by atoms with Gasteiger partial charge in [0.05, 0.1) is 14.3 Å². The fraction of sp³-hybridized carbons (Fsp3) is 0.431. The molecule has 0 saturated carbocycles. The van der Waals surface area contributed by atoms with Crippen LogP contribution in [0.3, 0.4) is 0 Å². The fourth-order valence-electron chi connectivity index (χ4n) is 11.1. The number of hydrogen-bond acceptors (Lipinski definition) is 6. The number of aliphatic hydroxyl groups is 1. The van der Waals surface area contributed by atoms with E-state index in [2.05, 4.69) is 167 Å². The molecule has 4 heterocycles. The molecule has 0 amide bonds. The molecule has 6 aromatic carbocycles. The van der Waals surface area contributed by atoms with E-state index in [1.165, 1.54) is 54.3 Å². The van der Waals surface area contributed by atoms with E-state index in [4.69, 9.17) is 12.5 Å². The average Bonchev–Trinajstić information content (AvgIpc) is 3.35. The molecule has 2 aromatic heterocycles. The number of allylic oxidation sites excluding steroid dienone is 2. The van der Waals surface area contributed by atoms with Crippen molar-refractivity contribution in [1.82, 2.24) is 9.97 Å². The van der Waals surface area contributed by atoms with E-state index in [0.29, 0.717) is 6.17 Å². The molecular formula is C72H86IrN2O3S-2. The number of rotatable bonds is 11. The first kappa shape index (κ1) is 58.3. The maximum atomic E-state index is 12.0. The summed E-state index contributed by atoms with van der Waals surface area (Å²) in [6.45, 7) is 37.3. The van der Waals surface area contributed by atoms with Gasteiger partial charge >= 0.3 is 0 Å². The zero-order chi connectivity index (χ0) is 58.4. The maximum absolute atomic E-state index is 12.0. The maximum Gasteiger partial charge on any atom is 0.164 e. The minimum atomic E-state index is -0.319. The van der Waals surface area contributed by atoms with Crippen molar-refractivity contribution < 1.29 is 37.5 Å². The van der Waals surface area contributed by atoms with Crippen LogP contribution in [0.15, 0.2) is 119 Å². The van der Waals surface area contributed by atoms with Gasteiger partial charge in [-0.15, -0.1) is 46.8 Å². The summed E-state index contributed by atoms with van der Waals surface area (Å²) in [5, 5.41) is 18.8. The van der Waals surface area contributed by atoms with E-state index in [0.717, 1.165) is 112 Å². The molecule has 0 atom stereocenters. The number of ketones is 1. The molecule has 0 fully saturated rings. The second kappa shape index (κ2) is 24.0. The number of aromatic nitrogens is 2. The first-order valence-electron chi connectivity index (χ1n) is 29.6. The Morgan fingerprint density at radius 1 is 0.633 bits per heavy atom. The fourth-order valence-corrected chi connectivity index (χ4v) is 12.4. The topological polar surface area (TPSA) is 72.3 Å². The third-order valence-electron chi connectivity index (χ3n) is 15.3. The molecule has 8 aromatic rings. The largest absolute Gasteiger partial charge is 0.512 e. The summed E-state index contributed by atoms with van der Waals surface area (Å²) >= 11 is 1.87. The molecule has 0 aliphatic carbocycles. The minimum absolute atomic E-state index is 0. The summed E-state index contributed by atoms with van der Waals surface area (Å²) in [4.78, 5) is 24.0. The van der Waals surface area contributed by atoms with Crippen LogP contribution in [0.25, 0.3) is 65.6 Å². The smallest absolute Gasteiger partial charge is 0.164 e. The van der Waals surface area contributed by atoms with Gasteiger partial charge in [0.25, 0.3) is 0 Å². The Kier molecular flexibility index (Phi) is 17.7. The van der Waals surface area contributed by atoms with E-state index in [9.17, 15) is 9.90 Å². The van der Waals surface area contributed by atoms with Crippen LogP contribution in [0, 0.1) is 45.1 Å². The van der Waals surface area contributed by atoms with Crippen molar-refractivity contribution in [3.05, 3.63) is 143 Å². The Balaban J connectivity index is 0.000000185. The number of aliphatic hydroxyl groups excluding tert-OH is 1. The summed E-state index contributed by atoms with van der Waals surface area (Å²) < 4.78 is 23.5. The number of nitrogens with zero attached hydrogens (tertiary/aromatic N) is 2. The number of benzene rings is 6. The van der Waals surface area contributed by atoms with Crippen LogP contribution in [0.4, 0.5) is 0 Å². The number of carbonyl (C=O) groups is 1. The molecule has 7 heteroatoms. The van der Waals surface area contributed by atoms with E-state index >= 15 is 0 Å². The van der Waals surface area contributed by atoms with Gasteiger partial charge in [-0.05, 0) is 129 Å². The quantitative estimate of drug-likeness (QED) is 0.0790. The summed E-state index contributed by atoms with van der Waals surface area (Å²) in [6, 6.07) is 37.0. The van der Waals surface area contributed by atoms with Gasteiger partial charge in [-0.1, -0.05) is 199 Å². The van der Waals surface area contributed by atoms with Crippen LogP contribution < -0.4 is 4.74 Å². The van der Waals surface area contributed by atoms with Crippen LogP contribution in [0.5, 0.6) is 11.5 Å². The Hall–Kier alpha value is -5.33. The third-order valence-corrected chi connectivity index (χ3v) is 16.5. The molecule has 0 spiro atoms. The predicted molar refractivity (Wildman–Crippen MR) is 332 cm³/mol. The van der Waals surface area contributed by atoms with Crippen LogP contribution in [-0.4, -0.2) is 20.9 Å². The Labute approximate surface area is 494 Å². The number of hydrogen-bond donors (Lipinski definition) is 1. The molecule has 0 bridgehead atoms. The third kappa shape index (κ3) is 14.1. The monoisotopic (exact) mass is 1250 g/mol. The number of pyridine rings is 2. The van der Waals surface area contributed by atoms with Crippen molar-refractivity contribution >= 4 is 60.6 Å². The molecule has 1 N–H and O–H groups in total. The van der Waals surface area contributed by atoms with Crippen molar-refractivity contribution in [3.63, 3.8) is 0 Å². The Bertz CT molecular complexity index is 3460. The van der Waals surface area contributed by atoms with E-state index in [1.807, 2.05) is 64.6 Å². The molecule has 2 aliphatic rings. The Morgan fingerprint density at radius 3 is 1.62 bits per heavy atom. The zero-order valence-corrected chi connectivity index (χ0v) is 53.5. The first-order chi connectivity index (χ1) is 37.4. The average molecular weight is 1250 g/mol. The van der Waals surface area contributed by atoms with Gasteiger partial charge in [-0.2, -0.15) is 0 Å². The molecule has 79 heavy (non-hydrogen) atoms. The molecule has 419 valence electrons. The molecule has 10 rings (SSSR count). The van der Waals surface area contributed by atoms with Crippen molar-refractivity contribution in [2.24, 2.45) is 33.0 Å². The number of fused-ring (bicyclic) bond motifs is 6. The molecule has 0 saturated heterocycles. The van der Waals surface area contributed by atoms with Gasteiger partial charge in [0.1, 0.15) is 5.75 Å². The summed E-state index contributed by atoms with van der Waals surface area (Å²) in [6.07, 6.45) is 9.24. The van der Waals surface area contributed by atoms with Gasteiger partial charge in [0.15, 0.2) is 5.78 Å². The number of carbonyl (C=O) groups excluding carboxylic acids is 1. The van der Waals surface area contributed by atoms with Crippen LogP contribution in [0.1, 0.15) is 168 Å². The van der Waals surface area contributed by atoms with Gasteiger partial charge in [0.2, 0.25) is 0 Å². The van der Waals surface area contributed by atoms with Crippen molar-refractivity contribution in [2.75, 3.05) is 0 Å². The Morgan fingerprint density at radius 2 is 1.10 bits per heavy atom. The van der Waals surface area contributed by atoms with Crippen LogP contribution in [0.2, 0.25) is 0 Å². The van der Waals surface area contributed by atoms with Gasteiger partial charge < -0.3 is 9.84 Å². The van der Waals surface area contributed by atoms with Gasteiger partial charge in [-0.3, -0.25) is 14.8 Å². The molecule has 5 nitrogen and oxygen atoms in total. The summed E-state index contributed by atoms with van der Waals surface area (Å²) in [5.74, 6) is 2.13. The van der Waals surface area contributed by atoms with Gasteiger partial charge in [0, 0.05) is 71.5 Å². The number of ether oxygens (including phenoxy) is 1. The minimum Gasteiger partial charge on any atom is -0.512 e. The zero-order valence-electron chi connectivity index (χ0n) is 52.3. The SMILES string of the molecule is CCC(CC)/C(O)=C/C(=O)C(C)(CC)CC.[2H]c1cc2cc(CC(C)(C)C)cc3c2c(n1)-c1[c-]c2ccccc2c(CC(C)(C)C)c1O3.[2H]c1cc2cc(CC(C)(C)C)cc3c2c(n1)-c1[c-]c2ccccc2c(CC(C)(C)C)c1S3.[Ir]. The van der Waals surface area contributed by atoms with Gasteiger partial charge in [-0.25, -0.2) is 0 Å². The second-order valence-electron chi connectivity index (χ2n) is 27.2. The van der Waals surface area contributed by atoms with Crippen molar-refractivity contribution in [1.29, 1.82) is 0 Å². The van der Waals surface area contributed by atoms with Crippen molar-refractivity contribution in [2.45, 2.75) is 179 Å². The molecular weight excluding hydrogens is 1170 g/mol. The van der Waals surface area contributed by atoms with Crippen LogP contribution >= 0.6 is 11.8 Å². The standard InChI is InChI=1S/C29H30NO.C29H30NS.C14H26O2.Ir/c2*1-28(2,3)16-18-13-20-11-12-30-26-22-15-19-9-7-8-10-21(19)23(17-29(4,5)6)27(22)31-24(14-18)25(20)26;1-6-11(7-2)12(15)10-13(16)14(5,8-3)9-4;/h2*7-14H,16-17H2,1-6H3;10-11,15H,6-9H2,1-5H3;/q2*-1;;/b;;12-10-;/i2*12D;;. The molecule has 0 unspecified atom stereocenters. The normalized spacial score (nSPS) is 13.6. The molecule has 2 aliphatic heterocycles. The van der Waals surface area contributed by atoms with E-state index in [-0.39, 0.29) is 70.8 Å². The van der Waals surface area contributed by atoms with Crippen LogP contribution in [-0.2, 0) is 50.6 Å². The summed E-state index contributed by atoms with van der Waals surface area (Å²) in [5.41, 5.74) is 9.09.